The summed E-state index contributed by atoms with van der Waals surface area (Å²) in [7, 11) is 0. The summed E-state index contributed by atoms with van der Waals surface area (Å²) in [6, 6.07) is 1.63. The number of hydrogen-bond donors (Lipinski definition) is 1. The van der Waals surface area contributed by atoms with Gasteiger partial charge >= 0.3 is 18.0 Å². The zero-order valence-electron chi connectivity index (χ0n) is 7.79. The minimum Gasteiger partial charge on any atom is -0.321 e. The predicted octanol–water partition coefficient (Wildman–Crippen LogP) is 2.66. The number of H-pyrrole nitrogens is 1. The predicted molar refractivity (Wildman–Crippen MR) is 42.0 cm³/mol. The third kappa shape index (κ3) is 2.13. The minimum absolute atomic E-state index is 0.279. The maximum atomic E-state index is 13.0. The molecule has 1 N–H and O–H groups in total. The maximum absolute atomic E-state index is 13.0. The van der Waals surface area contributed by atoms with E-state index in [1.807, 2.05) is 0 Å². The highest BCUT2D eigenvalue weighted by atomic mass is 19.4. The Morgan fingerprint density at radius 2 is 1.47 bits per heavy atom. The quantitative estimate of drug-likeness (QED) is 0.817. The smallest absolute Gasteiger partial charge is 0.321 e. The highest BCUT2D eigenvalue weighted by Gasteiger charge is 2.74. The molecule has 0 amide bonds. The molecule has 0 spiro atoms. The van der Waals surface area contributed by atoms with Crippen LogP contribution in [-0.4, -0.2) is 17.1 Å². The molecular weight excluding hydrogens is 259 g/mol. The van der Waals surface area contributed by atoms with Crippen molar-refractivity contribution in [1.82, 2.24) is 4.98 Å². The lowest BCUT2D eigenvalue weighted by atomic mass is 10.1. The average molecular weight is 263 g/mol. The fourth-order valence-electron chi connectivity index (χ4n) is 0.978. The molecule has 0 saturated heterocycles. The van der Waals surface area contributed by atoms with Crippen LogP contribution in [-0.2, 0) is 5.92 Å². The van der Waals surface area contributed by atoms with Crippen molar-refractivity contribution in [2.75, 3.05) is 0 Å². The molecule has 0 aromatic carbocycles. The molecule has 1 heterocycles. The molecule has 1 aromatic heterocycles. The Morgan fingerprint density at radius 1 is 0.941 bits per heavy atom. The van der Waals surface area contributed by atoms with E-state index < -0.39 is 29.3 Å². The Hall–Kier alpha value is -1.54. The summed E-state index contributed by atoms with van der Waals surface area (Å²) in [5, 5.41) is 0. The molecule has 0 fully saturated rings. The second kappa shape index (κ2) is 3.74. The van der Waals surface area contributed by atoms with Crippen LogP contribution in [0.3, 0.4) is 0 Å². The second-order valence-electron chi connectivity index (χ2n) is 3.08. The molecule has 0 aliphatic carbocycles. The van der Waals surface area contributed by atoms with Gasteiger partial charge in [0.25, 0.3) is 0 Å². The maximum Gasteiger partial charge on any atom is 0.460 e. The van der Waals surface area contributed by atoms with Crippen molar-refractivity contribution in [3.8, 4) is 0 Å². The van der Waals surface area contributed by atoms with E-state index in [0.29, 0.717) is 12.1 Å². The molecule has 2 nitrogen and oxygen atoms in total. The minimum atomic E-state index is -6.43. The summed E-state index contributed by atoms with van der Waals surface area (Å²) in [6.45, 7) is 0. The lowest BCUT2D eigenvalue weighted by Gasteiger charge is -2.27. The van der Waals surface area contributed by atoms with Gasteiger partial charge in [-0.2, -0.15) is 30.7 Å². The van der Waals surface area contributed by atoms with E-state index in [-0.39, 0.29) is 6.07 Å². The fourth-order valence-corrected chi connectivity index (χ4v) is 0.978. The highest BCUT2D eigenvalue weighted by Crippen LogP contribution is 2.50. The molecule has 0 unspecified atom stereocenters. The lowest BCUT2D eigenvalue weighted by molar-refractivity contribution is -0.360. The van der Waals surface area contributed by atoms with Crippen molar-refractivity contribution in [2.45, 2.75) is 18.0 Å². The first kappa shape index (κ1) is 13.5. The molecule has 0 aliphatic heterocycles. The molecule has 9 heteroatoms. The molecule has 0 bridgehead atoms. The Balaban J connectivity index is 3.33. The van der Waals surface area contributed by atoms with E-state index in [1.54, 1.807) is 0 Å². The van der Waals surface area contributed by atoms with Crippen molar-refractivity contribution < 1.29 is 30.7 Å². The summed E-state index contributed by atoms with van der Waals surface area (Å²) >= 11 is 0. The number of aromatic nitrogens is 1. The third-order valence-electron chi connectivity index (χ3n) is 1.86. The van der Waals surface area contributed by atoms with Gasteiger partial charge in [-0.3, -0.25) is 4.79 Å². The van der Waals surface area contributed by atoms with Crippen molar-refractivity contribution >= 4 is 0 Å². The molecule has 0 saturated carbocycles. The number of halogens is 7. The normalized spacial score (nSPS) is 13.8. The van der Waals surface area contributed by atoms with Crippen molar-refractivity contribution in [2.24, 2.45) is 0 Å². The van der Waals surface area contributed by atoms with Crippen molar-refractivity contribution in [1.29, 1.82) is 0 Å². The van der Waals surface area contributed by atoms with Crippen LogP contribution in [0.5, 0.6) is 0 Å². The summed E-state index contributed by atoms with van der Waals surface area (Å²) in [5.74, 6) is -11.8. The zero-order chi connectivity index (χ0) is 13.5. The Morgan fingerprint density at radius 3 is 1.88 bits per heavy atom. The van der Waals surface area contributed by atoms with Crippen LogP contribution in [0.15, 0.2) is 23.0 Å². The van der Waals surface area contributed by atoms with Crippen LogP contribution < -0.4 is 5.56 Å². The van der Waals surface area contributed by atoms with Crippen LogP contribution >= 0.6 is 0 Å². The van der Waals surface area contributed by atoms with Gasteiger partial charge in [-0.1, -0.05) is 6.07 Å². The summed E-state index contributed by atoms with van der Waals surface area (Å²) in [4.78, 5) is 11.8. The first-order valence-electron chi connectivity index (χ1n) is 4.02. The van der Waals surface area contributed by atoms with E-state index in [1.165, 1.54) is 4.98 Å². The molecule has 96 valence electrons. The molecule has 0 radical (unpaired) electrons. The van der Waals surface area contributed by atoms with Gasteiger partial charge in [0.15, 0.2) is 0 Å². The summed E-state index contributed by atoms with van der Waals surface area (Å²) in [6.07, 6.45) is -6.43. The van der Waals surface area contributed by atoms with Gasteiger partial charge in [0.1, 0.15) is 0 Å². The van der Waals surface area contributed by atoms with Gasteiger partial charge in [0.2, 0.25) is 5.56 Å². The summed E-state index contributed by atoms with van der Waals surface area (Å²) < 4.78 is 86.4. The fraction of sp³-hybridized carbons (Fsp3) is 0.375. The van der Waals surface area contributed by atoms with E-state index in [4.69, 9.17) is 0 Å². The standard InChI is InChI=1S/C8H4F7NO/c9-6(10,7(11,12)8(13,14)15)4-2-1-3-5(17)16-4/h1-3H,(H,16,17). The van der Waals surface area contributed by atoms with Crippen LogP contribution in [0.1, 0.15) is 5.69 Å². The first-order valence-corrected chi connectivity index (χ1v) is 4.02. The largest absolute Gasteiger partial charge is 0.460 e. The van der Waals surface area contributed by atoms with Crippen LogP contribution in [0, 0.1) is 0 Å². The lowest BCUT2D eigenvalue weighted by Crippen LogP contribution is -2.50. The van der Waals surface area contributed by atoms with Gasteiger partial charge in [0.05, 0.1) is 5.69 Å². The molecular formula is C8H4F7NO. The highest BCUT2D eigenvalue weighted by molar-refractivity contribution is 5.15. The van der Waals surface area contributed by atoms with E-state index in [0.717, 1.165) is 0 Å². The van der Waals surface area contributed by atoms with Gasteiger partial charge in [-0.15, -0.1) is 0 Å². The van der Waals surface area contributed by atoms with Gasteiger partial charge in [-0.25, -0.2) is 0 Å². The van der Waals surface area contributed by atoms with Crippen LogP contribution in [0.2, 0.25) is 0 Å². The van der Waals surface area contributed by atoms with Gasteiger partial charge < -0.3 is 4.98 Å². The van der Waals surface area contributed by atoms with Crippen molar-refractivity contribution in [3.05, 3.63) is 34.2 Å². The molecule has 1 aromatic rings. The Bertz CT molecular complexity index is 461. The second-order valence-corrected chi connectivity index (χ2v) is 3.08. The number of hydrogen-bond acceptors (Lipinski definition) is 1. The van der Waals surface area contributed by atoms with E-state index in [9.17, 15) is 35.5 Å². The Labute approximate surface area is 89.1 Å². The average Bonchev–Trinajstić information content (AvgIpc) is 2.15. The van der Waals surface area contributed by atoms with E-state index >= 15 is 0 Å². The molecule has 0 aliphatic rings. The van der Waals surface area contributed by atoms with Crippen molar-refractivity contribution in [3.63, 3.8) is 0 Å². The topological polar surface area (TPSA) is 32.9 Å². The van der Waals surface area contributed by atoms with Crippen LogP contribution in [0.4, 0.5) is 30.7 Å². The number of alkyl halides is 7. The zero-order valence-corrected chi connectivity index (χ0v) is 7.79. The molecule has 0 atom stereocenters. The first-order chi connectivity index (χ1) is 7.50. The number of rotatable bonds is 2. The van der Waals surface area contributed by atoms with Gasteiger partial charge in [0, 0.05) is 6.07 Å². The monoisotopic (exact) mass is 263 g/mol. The van der Waals surface area contributed by atoms with E-state index in [2.05, 4.69) is 0 Å². The van der Waals surface area contributed by atoms with Crippen LogP contribution in [0.25, 0.3) is 0 Å². The number of aromatic amines is 1. The number of pyridine rings is 1. The Kier molecular flexibility index (Phi) is 2.98. The molecule has 1 rings (SSSR count). The van der Waals surface area contributed by atoms with Gasteiger partial charge in [-0.05, 0) is 6.07 Å². The summed E-state index contributed by atoms with van der Waals surface area (Å²) in [5.41, 5.74) is -3.01. The molecule has 17 heavy (non-hydrogen) atoms. The third-order valence-corrected chi connectivity index (χ3v) is 1.86. The number of nitrogens with one attached hydrogen (secondary N) is 1. The SMILES string of the molecule is O=c1cccc(C(F)(F)C(F)(F)C(F)(F)F)[nH]1.